The number of ether oxygens (including phenoxy) is 1. The molecular formula is C16H22N2O2. The number of anilines is 1. The Morgan fingerprint density at radius 2 is 2.30 bits per heavy atom. The van der Waals surface area contributed by atoms with E-state index in [1.807, 2.05) is 0 Å². The molecule has 2 aliphatic heterocycles. The average Bonchev–Trinajstić information content (AvgIpc) is 2.89. The van der Waals surface area contributed by atoms with Crippen molar-refractivity contribution in [2.45, 2.75) is 25.8 Å². The van der Waals surface area contributed by atoms with Crippen LogP contribution >= 0.6 is 0 Å². The Bertz CT molecular complexity index is 489. The van der Waals surface area contributed by atoms with Gasteiger partial charge in [-0.05, 0) is 31.0 Å². The zero-order valence-corrected chi connectivity index (χ0v) is 12.0. The lowest BCUT2D eigenvalue weighted by Gasteiger charge is -2.39. The van der Waals surface area contributed by atoms with Crippen LogP contribution in [-0.2, 0) is 16.0 Å². The second-order valence-corrected chi connectivity index (χ2v) is 5.69. The number of carbonyl (C=O) groups excluding carboxylic acids is 1. The van der Waals surface area contributed by atoms with E-state index in [2.05, 4.69) is 34.5 Å². The molecule has 1 aromatic rings. The number of nitrogens with zero attached hydrogens (tertiary/aromatic N) is 1. The van der Waals surface area contributed by atoms with E-state index in [-0.39, 0.29) is 5.97 Å². The molecule has 0 spiro atoms. The lowest BCUT2D eigenvalue weighted by molar-refractivity contribution is -0.142. The van der Waals surface area contributed by atoms with Crippen LogP contribution in [0.5, 0.6) is 0 Å². The van der Waals surface area contributed by atoms with Gasteiger partial charge < -0.3 is 15.0 Å². The Hall–Kier alpha value is -1.55. The summed E-state index contributed by atoms with van der Waals surface area (Å²) in [5.74, 6) is 0.190. The van der Waals surface area contributed by atoms with E-state index in [1.165, 1.54) is 18.2 Å². The standard InChI is InChI=1S/C16H22N2O2/c1-12(19)20-11-14-10-17-8-6-16(14)18-9-7-13-4-2-3-5-15(13)18/h2-5,14,16-17H,6-11H2,1H3. The van der Waals surface area contributed by atoms with E-state index in [9.17, 15) is 4.79 Å². The molecule has 1 saturated heterocycles. The molecule has 1 fully saturated rings. The van der Waals surface area contributed by atoms with Crippen LogP contribution in [0.15, 0.2) is 24.3 Å². The zero-order chi connectivity index (χ0) is 13.9. The highest BCUT2D eigenvalue weighted by Crippen LogP contribution is 2.33. The van der Waals surface area contributed by atoms with Crippen molar-refractivity contribution < 1.29 is 9.53 Å². The summed E-state index contributed by atoms with van der Waals surface area (Å²) in [5.41, 5.74) is 2.81. The molecule has 1 aromatic carbocycles. The Morgan fingerprint density at radius 1 is 1.45 bits per heavy atom. The van der Waals surface area contributed by atoms with Crippen LogP contribution in [0.4, 0.5) is 5.69 Å². The maximum Gasteiger partial charge on any atom is 0.302 e. The number of nitrogens with one attached hydrogen (secondary N) is 1. The Kier molecular flexibility index (Phi) is 3.92. The molecule has 20 heavy (non-hydrogen) atoms. The van der Waals surface area contributed by atoms with Crippen molar-refractivity contribution in [3.05, 3.63) is 29.8 Å². The summed E-state index contributed by atoms with van der Waals surface area (Å²) in [5, 5.41) is 3.42. The highest BCUT2D eigenvalue weighted by molar-refractivity contribution is 5.66. The smallest absolute Gasteiger partial charge is 0.302 e. The van der Waals surface area contributed by atoms with Gasteiger partial charge in [0.05, 0.1) is 6.61 Å². The first-order valence-electron chi connectivity index (χ1n) is 7.44. The number of fused-ring (bicyclic) bond motifs is 1. The Balaban J connectivity index is 1.75. The topological polar surface area (TPSA) is 41.6 Å². The second kappa shape index (κ2) is 5.83. The van der Waals surface area contributed by atoms with E-state index in [4.69, 9.17) is 4.74 Å². The molecule has 4 heteroatoms. The SMILES string of the molecule is CC(=O)OCC1CNCCC1N1CCc2ccccc21. The van der Waals surface area contributed by atoms with Gasteiger partial charge >= 0.3 is 5.97 Å². The first-order valence-corrected chi connectivity index (χ1v) is 7.44. The summed E-state index contributed by atoms with van der Waals surface area (Å²) in [6.07, 6.45) is 2.24. The maximum absolute atomic E-state index is 11.1. The normalized spacial score (nSPS) is 25.4. The van der Waals surface area contributed by atoms with Gasteiger partial charge in [0.2, 0.25) is 0 Å². The van der Waals surface area contributed by atoms with E-state index < -0.39 is 0 Å². The third kappa shape index (κ3) is 2.66. The highest BCUT2D eigenvalue weighted by atomic mass is 16.5. The number of para-hydroxylation sites is 1. The average molecular weight is 274 g/mol. The number of esters is 1. The van der Waals surface area contributed by atoms with Crippen molar-refractivity contribution in [3.63, 3.8) is 0 Å². The minimum absolute atomic E-state index is 0.184. The third-order valence-corrected chi connectivity index (χ3v) is 4.39. The third-order valence-electron chi connectivity index (χ3n) is 4.39. The Morgan fingerprint density at radius 3 is 3.15 bits per heavy atom. The predicted molar refractivity (Wildman–Crippen MR) is 78.9 cm³/mol. The minimum Gasteiger partial charge on any atom is -0.465 e. The van der Waals surface area contributed by atoms with Gasteiger partial charge in [0.1, 0.15) is 0 Å². The second-order valence-electron chi connectivity index (χ2n) is 5.69. The zero-order valence-electron chi connectivity index (χ0n) is 12.0. The fraction of sp³-hybridized carbons (Fsp3) is 0.562. The van der Waals surface area contributed by atoms with Gasteiger partial charge in [0.15, 0.2) is 0 Å². The molecular weight excluding hydrogens is 252 g/mol. The predicted octanol–water partition coefficient (Wildman–Crippen LogP) is 1.59. The first-order chi connectivity index (χ1) is 9.75. The van der Waals surface area contributed by atoms with Crippen molar-refractivity contribution in [1.82, 2.24) is 5.32 Å². The number of hydrogen-bond acceptors (Lipinski definition) is 4. The summed E-state index contributed by atoms with van der Waals surface area (Å²) in [4.78, 5) is 13.6. The van der Waals surface area contributed by atoms with Crippen LogP contribution in [0.3, 0.4) is 0 Å². The van der Waals surface area contributed by atoms with Crippen LogP contribution in [-0.4, -0.2) is 38.3 Å². The number of piperidine rings is 1. The highest BCUT2D eigenvalue weighted by Gasteiger charge is 2.33. The molecule has 0 amide bonds. The van der Waals surface area contributed by atoms with Gasteiger partial charge in [-0.1, -0.05) is 18.2 Å². The van der Waals surface area contributed by atoms with Crippen LogP contribution in [0.1, 0.15) is 18.9 Å². The summed E-state index contributed by atoms with van der Waals surface area (Å²) in [6, 6.07) is 9.13. The van der Waals surface area contributed by atoms with Gasteiger partial charge in [-0.3, -0.25) is 4.79 Å². The van der Waals surface area contributed by atoms with Crippen LogP contribution < -0.4 is 10.2 Å². The van der Waals surface area contributed by atoms with E-state index in [0.717, 1.165) is 32.5 Å². The monoisotopic (exact) mass is 274 g/mol. The van der Waals surface area contributed by atoms with Gasteiger partial charge in [0, 0.05) is 37.7 Å². The lowest BCUT2D eigenvalue weighted by atomic mass is 9.92. The molecule has 0 radical (unpaired) electrons. The van der Waals surface area contributed by atoms with Crippen LogP contribution in [0.2, 0.25) is 0 Å². The fourth-order valence-electron chi connectivity index (χ4n) is 3.42. The molecule has 0 aliphatic carbocycles. The van der Waals surface area contributed by atoms with Gasteiger partial charge in [-0.25, -0.2) is 0 Å². The van der Waals surface area contributed by atoms with Crippen molar-refractivity contribution >= 4 is 11.7 Å². The summed E-state index contributed by atoms with van der Waals surface area (Å²) < 4.78 is 5.25. The number of benzene rings is 1. The molecule has 2 unspecified atom stereocenters. The summed E-state index contributed by atoms with van der Waals surface area (Å²) in [7, 11) is 0. The van der Waals surface area contributed by atoms with Crippen molar-refractivity contribution in [2.24, 2.45) is 5.92 Å². The molecule has 2 atom stereocenters. The molecule has 0 aromatic heterocycles. The summed E-state index contributed by atoms with van der Waals surface area (Å²) >= 11 is 0. The minimum atomic E-state index is -0.184. The van der Waals surface area contributed by atoms with Crippen molar-refractivity contribution in [2.75, 3.05) is 31.1 Å². The fourth-order valence-corrected chi connectivity index (χ4v) is 3.42. The number of hydrogen-bond donors (Lipinski definition) is 1. The van der Waals surface area contributed by atoms with Gasteiger partial charge in [0.25, 0.3) is 0 Å². The number of carbonyl (C=O) groups is 1. The van der Waals surface area contributed by atoms with Crippen LogP contribution in [0.25, 0.3) is 0 Å². The van der Waals surface area contributed by atoms with Crippen molar-refractivity contribution in [3.8, 4) is 0 Å². The molecule has 3 rings (SSSR count). The molecule has 4 nitrogen and oxygen atoms in total. The Labute approximate surface area is 120 Å². The first kappa shape index (κ1) is 13.4. The molecule has 108 valence electrons. The van der Waals surface area contributed by atoms with Gasteiger partial charge in [-0.15, -0.1) is 0 Å². The van der Waals surface area contributed by atoms with E-state index in [0.29, 0.717) is 18.6 Å². The van der Waals surface area contributed by atoms with Gasteiger partial charge in [-0.2, -0.15) is 0 Å². The number of rotatable bonds is 3. The van der Waals surface area contributed by atoms with E-state index in [1.54, 1.807) is 0 Å². The molecule has 2 aliphatic rings. The molecule has 1 N–H and O–H groups in total. The molecule has 2 heterocycles. The maximum atomic E-state index is 11.1. The quantitative estimate of drug-likeness (QED) is 0.850. The summed E-state index contributed by atoms with van der Waals surface area (Å²) in [6.45, 7) is 5.05. The largest absolute Gasteiger partial charge is 0.465 e. The molecule has 0 bridgehead atoms. The van der Waals surface area contributed by atoms with Crippen LogP contribution in [0, 0.1) is 5.92 Å². The van der Waals surface area contributed by atoms with Crippen molar-refractivity contribution in [1.29, 1.82) is 0 Å². The molecule has 0 saturated carbocycles. The van der Waals surface area contributed by atoms with E-state index >= 15 is 0 Å². The lowest BCUT2D eigenvalue weighted by Crippen LogP contribution is -2.51.